The lowest BCUT2D eigenvalue weighted by Crippen LogP contribution is -2.44. The average molecular weight is 353 g/mol. The van der Waals surface area contributed by atoms with Gasteiger partial charge in [-0.3, -0.25) is 15.6 Å². The number of benzene rings is 1. The van der Waals surface area contributed by atoms with Crippen LogP contribution in [0.15, 0.2) is 52.7 Å². The zero-order valence-electron chi connectivity index (χ0n) is 11.5. The maximum atomic E-state index is 12.0. The Kier molecular flexibility index (Phi) is 5.21. The number of sulfone groups is 1. The average Bonchev–Trinajstić information content (AvgIpc) is 3.09. The van der Waals surface area contributed by atoms with Crippen LogP contribution in [0.1, 0.15) is 9.67 Å². The van der Waals surface area contributed by atoms with E-state index in [2.05, 4.69) is 4.84 Å². The van der Waals surface area contributed by atoms with Gasteiger partial charge in [0.2, 0.25) is 14.9 Å². The normalized spacial score (nSPS) is 10.8. The molecule has 120 valence electrons. The second-order valence-electron chi connectivity index (χ2n) is 4.07. The molecule has 10 heteroatoms. The van der Waals surface area contributed by atoms with Crippen LogP contribution in [0.4, 0.5) is 0 Å². The number of thiophene rings is 1. The van der Waals surface area contributed by atoms with E-state index in [4.69, 9.17) is 5.41 Å². The molecule has 0 saturated carbocycles. The minimum atomic E-state index is -4.24. The van der Waals surface area contributed by atoms with Crippen LogP contribution in [-0.2, 0) is 19.5 Å². The molecule has 0 radical (unpaired) electrons. The molecule has 0 aliphatic heterocycles. The molecule has 1 aromatic carbocycles. The highest BCUT2D eigenvalue weighted by Gasteiger charge is 2.27. The van der Waals surface area contributed by atoms with Gasteiger partial charge in [0.05, 0.1) is 4.90 Å². The van der Waals surface area contributed by atoms with Crippen molar-refractivity contribution < 1.29 is 22.8 Å². The third-order valence-electron chi connectivity index (χ3n) is 2.56. The van der Waals surface area contributed by atoms with Gasteiger partial charge in [-0.05, 0) is 23.6 Å². The Balaban J connectivity index is 1.93. The predicted octanol–water partition coefficient (Wildman–Crippen LogP) is 0.892. The van der Waals surface area contributed by atoms with Crippen molar-refractivity contribution >= 4 is 38.1 Å². The molecule has 1 amide bonds. The molecule has 3 N–H and O–H groups in total. The van der Waals surface area contributed by atoms with Crippen molar-refractivity contribution in [1.29, 1.82) is 5.41 Å². The fourth-order valence-corrected chi connectivity index (χ4v) is 3.10. The van der Waals surface area contributed by atoms with Gasteiger partial charge in [-0.25, -0.2) is 13.2 Å². The first-order chi connectivity index (χ1) is 10.9. The van der Waals surface area contributed by atoms with E-state index in [-0.39, 0.29) is 4.90 Å². The first kappa shape index (κ1) is 16.8. The summed E-state index contributed by atoms with van der Waals surface area (Å²) in [4.78, 5) is 27.8. The van der Waals surface area contributed by atoms with Gasteiger partial charge in [-0.1, -0.05) is 29.9 Å². The summed E-state index contributed by atoms with van der Waals surface area (Å²) in [5, 5.41) is 7.97. The van der Waals surface area contributed by atoms with Crippen molar-refractivity contribution in [3.8, 4) is 0 Å². The van der Waals surface area contributed by atoms with E-state index < -0.39 is 26.8 Å². The van der Waals surface area contributed by atoms with E-state index in [0.717, 1.165) is 11.3 Å². The Morgan fingerprint density at radius 1 is 1.09 bits per heavy atom. The van der Waals surface area contributed by atoms with Gasteiger partial charge < -0.3 is 4.84 Å². The summed E-state index contributed by atoms with van der Waals surface area (Å²) in [5.41, 5.74) is 3.65. The summed E-state index contributed by atoms with van der Waals surface area (Å²) in [6, 6.07) is 10.2. The number of hydrazine groups is 1. The van der Waals surface area contributed by atoms with Crippen molar-refractivity contribution in [3.63, 3.8) is 0 Å². The molecule has 23 heavy (non-hydrogen) atoms. The van der Waals surface area contributed by atoms with Gasteiger partial charge in [0.25, 0.3) is 5.91 Å². The van der Waals surface area contributed by atoms with E-state index in [9.17, 15) is 18.0 Å². The predicted molar refractivity (Wildman–Crippen MR) is 82.4 cm³/mol. The molecule has 2 aromatic rings. The molecule has 1 heterocycles. The van der Waals surface area contributed by atoms with Crippen LogP contribution < -0.4 is 11.0 Å². The molecule has 0 unspecified atom stereocenters. The maximum Gasteiger partial charge on any atom is 0.368 e. The zero-order chi connectivity index (χ0) is 16.9. The van der Waals surface area contributed by atoms with E-state index in [1.54, 1.807) is 17.5 Å². The highest BCUT2D eigenvalue weighted by molar-refractivity contribution is 8.08. The van der Waals surface area contributed by atoms with Gasteiger partial charge in [-0.2, -0.15) is 0 Å². The Morgan fingerprint density at radius 2 is 1.78 bits per heavy atom. The summed E-state index contributed by atoms with van der Waals surface area (Å²) in [7, 11) is -4.24. The number of amides is 1. The van der Waals surface area contributed by atoms with E-state index >= 15 is 0 Å². The maximum absolute atomic E-state index is 12.0. The Hall–Kier alpha value is -2.56. The fourth-order valence-electron chi connectivity index (χ4n) is 1.46. The summed E-state index contributed by atoms with van der Waals surface area (Å²) in [5.74, 6) is -2.01. The Bertz CT molecular complexity index is 817. The third-order valence-corrected chi connectivity index (χ3v) is 5.02. The number of hydrogen-bond donors (Lipinski definition) is 3. The Morgan fingerprint density at radius 3 is 2.39 bits per heavy atom. The van der Waals surface area contributed by atoms with E-state index in [1.807, 2.05) is 11.0 Å². The number of carbonyl (C=O) groups excluding carboxylic acids is 2. The molecule has 2 rings (SSSR count). The highest BCUT2D eigenvalue weighted by Crippen LogP contribution is 2.11. The van der Waals surface area contributed by atoms with Gasteiger partial charge in [0.1, 0.15) is 4.88 Å². The molecule has 0 fully saturated rings. The highest BCUT2D eigenvalue weighted by atomic mass is 32.2. The van der Waals surface area contributed by atoms with Crippen molar-refractivity contribution in [1.82, 2.24) is 11.0 Å². The van der Waals surface area contributed by atoms with Gasteiger partial charge in [-0.15, -0.1) is 11.3 Å². The van der Waals surface area contributed by atoms with E-state index in [0.29, 0.717) is 4.88 Å². The number of nitrogens with one attached hydrogen (secondary N) is 3. The lowest BCUT2D eigenvalue weighted by atomic mass is 10.4. The smallest absolute Gasteiger partial charge is 0.346 e. The molecular formula is C13H11N3O5S2. The first-order valence-electron chi connectivity index (χ1n) is 6.11. The SMILES string of the molecule is N=C(C(=O)NNOC(=O)c1cccs1)S(=O)(=O)c1ccccc1. The van der Waals surface area contributed by atoms with Crippen molar-refractivity contribution in [2.45, 2.75) is 4.90 Å². The number of carbonyl (C=O) groups is 2. The molecule has 0 atom stereocenters. The molecular weight excluding hydrogens is 342 g/mol. The second kappa shape index (κ2) is 7.13. The van der Waals surface area contributed by atoms with Crippen LogP contribution in [0.2, 0.25) is 0 Å². The van der Waals surface area contributed by atoms with Gasteiger partial charge >= 0.3 is 5.97 Å². The summed E-state index contributed by atoms with van der Waals surface area (Å²) >= 11 is 1.13. The third kappa shape index (κ3) is 4.00. The number of hydrogen-bond acceptors (Lipinski definition) is 8. The van der Waals surface area contributed by atoms with Crippen molar-refractivity contribution in [2.75, 3.05) is 0 Å². The summed E-state index contributed by atoms with van der Waals surface area (Å²) in [6.45, 7) is 0. The fraction of sp³-hybridized carbons (Fsp3) is 0. The minimum absolute atomic E-state index is 0.185. The molecule has 1 aromatic heterocycles. The molecule has 0 bridgehead atoms. The summed E-state index contributed by atoms with van der Waals surface area (Å²) in [6.07, 6.45) is 0. The summed E-state index contributed by atoms with van der Waals surface area (Å²) < 4.78 is 24.1. The second-order valence-corrected chi connectivity index (χ2v) is 6.90. The number of rotatable bonds is 4. The van der Waals surface area contributed by atoms with E-state index in [1.165, 1.54) is 30.3 Å². The van der Waals surface area contributed by atoms with Crippen molar-refractivity contribution in [2.24, 2.45) is 0 Å². The quantitative estimate of drug-likeness (QED) is 0.426. The standard InChI is InChI=1S/C13H11N3O5S2/c14-11(23(19,20)9-5-2-1-3-6-9)12(17)15-16-21-13(18)10-7-4-8-22-10/h1-8,14,16H,(H,15,17). The lowest BCUT2D eigenvalue weighted by Gasteiger charge is -2.08. The van der Waals surface area contributed by atoms with Gasteiger partial charge in [0, 0.05) is 0 Å². The Labute approximate surface area is 135 Å². The largest absolute Gasteiger partial charge is 0.368 e. The van der Waals surface area contributed by atoms with Crippen LogP contribution in [0.25, 0.3) is 0 Å². The van der Waals surface area contributed by atoms with Crippen LogP contribution in [0.5, 0.6) is 0 Å². The molecule has 8 nitrogen and oxygen atoms in total. The molecule has 0 spiro atoms. The topological polar surface area (TPSA) is 125 Å². The van der Waals surface area contributed by atoms with Crippen molar-refractivity contribution in [3.05, 3.63) is 52.7 Å². The van der Waals surface area contributed by atoms with Crippen LogP contribution in [0.3, 0.4) is 0 Å². The molecule has 0 aliphatic rings. The van der Waals surface area contributed by atoms with Crippen LogP contribution >= 0.6 is 11.3 Å². The molecule has 0 saturated heterocycles. The zero-order valence-corrected chi connectivity index (χ0v) is 13.1. The molecule has 0 aliphatic carbocycles. The van der Waals surface area contributed by atoms with Gasteiger partial charge in [0.15, 0.2) is 0 Å². The van der Waals surface area contributed by atoms with Crippen LogP contribution in [0, 0.1) is 5.41 Å². The first-order valence-corrected chi connectivity index (χ1v) is 8.48. The monoisotopic (exact) mass is 353 g/mol. The van der Waals surface area contributed by atoms with Crippen LogP contribution in [-0.4, -0.2) is 25.3 Å². The minimum Gasteiger partial charge on any atom is -0.346 e. The lowest BCUT2D eigenvalue weighted by molar-refractivity contribution is -0.118.